The van der Waals surface area contributed by atoms with E-state index in [4.69, 9.17) is 0 Å². The molecule has 1 aliphatic rings. The molecule has 3 rings (SSSR count). The second-order valence-electron chi connectivity index (χ2n) is 6.79. The third-order valence-electron chi connectivity index (χ3n) is 4.89. The lowest BCUT2D eigenvalue weighted by Gasteiger charge is -2.21. The van der Waals surface area contributed by atoms with Gasteiger partial charge in [-0.15, -0.1) is 16.8 Å². The van der Waals surface area contributed by atoms with E-state index in [0.29, 0.717) is 5.92 Å². The highest BCUT2D eigenvalue weighted by atomic mass is 32.2. The van der Waals surface area contributed by atoms with Crippen LogP contribution in [0.4, 0.5) is 0 Å². The molecule has 0 bridgehead atoms. The Morgan fingerprint density at radius 1 is 1.21 bits per heavy atom. The van der Waals surface area contributed by atoms with Gasteiger partial charge in [-0.3, -0.25) is 0 Å². The molecule has 0 atom stereocenters. The van der Waals surface area contributed by atoms with Gasteiger partial charge in [-0.2, -0.15) is 0 Å². The normalized spacial score (nSPS) is 15.6. The fourth-order valence-corrected chi connectivity index (χ4v) is 4.49. The molecule has 0 spiro atoms. The second-order valence-corrected chi connectivity index (χ2v) is 7.74. The van der Waals surface area contributed by atoms with Crippen molar-refractivity contribution in [3.05, 3.63) is 53.4 Å². The van der Waals surface area contributed by atoms with Crippen LogP contribution in [0.15, 0.2) is 36.0 Å². The number of allylic oxidation sites excluding steroid dienone is 1. The topological polar surface area (TPSA) is 30.7 Å². The molecule has 3 nitrogen and oxygen atoms in total. The Kier molecular flexibility index (Phi) is 5.77. The van der Waals surface area contributed by atoms with Gasteiger partial charge in [0.05, 0.1) is 0 Å². The van der Waals surface area contributed by atoms with Crippen molar-refractivity contribution < 1.29 is 0 Å². The molecular weight excluding hydrogens is 314 g/mol. The Morgan fingerprint density at radius 2 is 2.00 bits per heavy atom. The summed E-state index contributed by atoms with van der Waals surface area (Å²) in [5.41, 5.74) is 4.04. The van der Waals surface area contributed by atoms with Gasteiger partial charge in [0.25, 0.3) is 0 Å². The minimum Gasteiger partial charge on any atom is -0.302 e. The fraction of sp³-hybridized carbons (Fsp3) is 0.500. The smallest absolute Gasteiger partial charge is 0.191 e. The van der Waals surface area contributed by atoms with E-state index in [-0.39, 0.29) is 0 Å². The van der Waals surface area contributed by atoms with Crippen molar-refractivity contribution in [3.63, 3.8) is 0 Å². The molecule has 0 unspecified atom stereocenters. The molecular formula is C20H27N3S. The maximum atomic E-state index is 4.56. The second kappa shape index (κ2) is 8.02. The van der Waals surface area contributed by atoms with Gasteiger partial charge in [0.1, 0.15) is 5.82 Å². The maximum absolute atomic E-state index is 4.56. The lowest BCUT2D eigenvalue weighted by molar-refractivity contribution is 0.415. The van der Waals surface area contributed by atoms with Crippen molar-refractivity contribution in [3.8, 4) is 0 Å². The van der Waals surface area contributed by atoms with Crippen LogP contribution < -0.4 is 0 Å². The van der Waals surface area contributed by atoms with Crippen molar-refractivity contribution in [1.29, 1.82) is 0 Å². The molecule has 0 saturated heterocycles. The number of hydrogen-bond acceptors (Lipinski definition) is 3. The van der Waals surface area contributed by atoms with Crippen molar-refractivity contribution in [1.82, 2.24) is 14.8 Å². The van der Waals surface area contributed by atoms with E-state index in [2.05, 4.69) is 53.4 Å². The molecule has 4 heteroatoms. The van der Waals surface area contributed by atoms with E-state index in [1.807, 2.05) is 6.08 Å². The molecule has 1 aliphatic carbocycles. The third-order valence-corrected chi connectivity index (χ3v) is 5.90. The molecule has 24 heavy (non-hydrogen) atoms. The predicted octanol–water partition coefficient (Wildman–Crippen LogP) is 5.42. The van der Waals surface area contributed by atoms with Gasteiger partial charge in [0.15, 0.2) is 5.16 Å². The Balaban J connectivity index is 1.78. The first-order chi connectivity index (χ1) is 11.7. The van der Waals surface area contributed by atoms with Gasteiger partial charge in [-0.1, -0.05) is 60.9 Å². The Bertz CT molecular complexity index is 699. The molecule has 1 aromatic heterocycles. The molecule has 0 radical (unpaired) electrons. The molecule has 2 aromatic rings. The summed E-state index contributed by atoms with van der Waals surface area (Å²) in [6.45, 7) is 9.05. The fourth-order valence-electron chi connectivity index (χ4n) is 3.47. The van der Waals surface area contributed by atoms with Crippen molar-refractivity contribution >= 4 is 11.8 Å². The van der Waals surface area contributed by atoms with Gasteiger partial charge in [0.2, 0.25) is 0 Å². The van der Waals surface area contributed by atoms with Crippen LogP contribution in [0.1, 0.15) is 60.5 Å². The molecule has 0 aliphatic heterocycles. The maximum Gasteiger partial charge on any atom is 0.191 e. The summed E-state index contributed by atoms with van der Waals surface area (Å²) >= 11 is 1.79. The first-order valence-corrected chi connectivity index (χ1v) is 9.90. The average molecular weight is 342 g/mol. The summed E-state index contributed by atoms with van der Waals surface area (Å²) in [4.78, 5) is 0. The van der Waals surface area contributed by atoms with Crippen LogP contribution in [0, 0.1) is 13.8 Å². The van der Waals surface area contributed by atoms with E-state index in [9.17, 15) is 0 Å². The molecule has 0 N–H and O–H groups in total. The molecule has 1 aromatic carbocycles. The van der Waals surface area contributed by atoms with Crippen LogP contribution in [0.2, 0.25) is 0 Å². The standard InChI is InChI=1S/C20H27N3S/c1-4-12-23-19(17-8-6-5-7-9-17)21-22-20(23)24-14-18-13-15(2)10-11-16(18)3/h4,10-11,13,17H,1,5-9,12,14H2,2-3H3. The molecule has 1 fully saturated rings. The van der Waals surface area contributed by atoms with Crippen LogP contribution in [0.5, 0.6) is 0 Å². The summed E-state index contributed by atoms with van der Waals surface area (Å²) in [5.74, 6) is 2.67. The number of aromatic nitrogens is 3. The SMILES string of the molecule is C=CCn1c(SCc2cc(C)ccc2C)nnc1C1CCCCC1. The van der Waals surface area contributed by atoms with Crippen LogP contribution >= 0.6 is 11.8 Å². The lowest BCUT2D eigenvalue weighted by Crippen LogP contribution is -2.12. The predicted molar refractivity (Wildman–Crippen MR) is 102 cm³/mol. The number of aryl methyl sites for hydroxylation is 2. The Labute approximate surface area is 149 Å². The van der Waals surface area contributed by atoms with Gasteiger partial charge < -0.3 is 4.57 Å². The van der Waals surface area contributed by atoms with E-state index < -0.39 is 0 Å². The molecule has 128 valence electrons. The third kappa shape index (κ3) is 3.92. The quantitative estimate of drug-likeness (QED) is 0.519. The number of rotatable bonds is 6. The van der Waals surface area contributed by atoms with Crippen molar-refractivity contribution in [2.45, 2.75) is 69.3 Å². The Hall–Kier alpha value is -1.55. The summed E-state index contributed by atoms with van der Waals surface area (Å²) < 4.78 is 2.28. The largest absolute Gasteiger partial charge is 0.302 e. The molecule has 0 amide bonds. The summed E-state index contributed by atoms with van der Waals surface area (Å²) in [6, 6.07) is 6.65. The van der Waals surface area contributed by atoms with Gasteiger partial charge in [-0.05, 0) is 37.8 Å². The highest BCUT2D eigenvalue weighted by molar-refractivity contribution is 7.98. The minimum atomic E-state index is 0.571. The number of thioether (sulfide) groups is 1. The summed E-state index contributed by atoms with van der Waals surface area (Å²) in [7, 11) is 0. The number of hydrogen-bond donors (Lipinski definition) is 0. The zero-order chi connectivity index (χ0) is 16.9. The van der Waals surface area contributed by atoms with Crippen molar-refractivity contribution in [2.24, 2.45) is 0 Å². The van der Waals surface area contributed by atoms with Gasteiger partial charge >= 0.3 is 0 Å². The van der Waals surface area contributed by atoms with E-state index in [1.165, 1.54) is 48.8 Å². The highest BCUT2D eigenvalue weighted by Crippen LogP contribution is 2.34. The average Bonchev–Trinajstić information content (AvgIpc) is 3.00. The molecule has 1 heterocycles. The number of nitrogens with zero attached hydrogens (tertiary/aromatic N) is 3. The number of benzene rings is 1. The van der Waals surface area contributed by atoms with Crippen LogP contribution in [0.25, 0.3) is 0 Å². The van der Waals surface area contributed by atoms with Gasteiger partial charge in [0, 0.05) is 18.2 Å². The summed E-state index contributed by atoms with van der Waals surface area (Å²) in [6.07, 6.45) is 8.44. The van der Waals surface area contributed by atoms with Crippen molar-refractivity contribution in [2.75, 3.05) is 0 Å². The van der Waals surface area contributed by atoms with E-state index >= 15 is 0 Å². The van der Waals surface area contributed by atoms with Crippen LogP contribution in [-0.2, 0) is 12.3 Å². The first kappa shape index (κ1) is 17.3. The monoisotopic (exact) mass is 341 g/mol. The summed E-state index contributed by atoms with van der Waals surface area (Å²) in [5, 5.41) is 10.1. The molecule has 1 saturated carbocycles. The van der Waals surface area contributed by atoms with E-state index in [0.717, 1.165) is 23.3 Å². The zero-order valence-corrected chi connectivity index (χ0v) is 15.6. The van der Waals surface area contributed by atoms with Crippen LogP contribution in [0.3, 0.4) is 0 Å². The van der Waals surface area contributed by atoms with E-state index in [1.54, 1.807) is 11.8 Å². The minimum absolute atomic E-state index is 0.571. The lowest BCUT2D eigenvalue weighted by atomic mass is 9.89. The zero-order valence-electron chi connectivity index (χ0n) is 14.8. The van der Waals surface area contributed by atoms with Gasteiger partial charge in [-0.25, -0.2) is 0 Å². The first-order valence-electron chi connectivity index (χ1n) is 8.92. The highest BCUT2D eigenvalue weighted by Gasteiger charge is 2.23. The van der Waals surface area contributed by atoms with Crippen LogP contribution in [-0.4, -0.2) is 14.8 Å². The Morgan fingerprint density at radius 3 is 2.75 bits per heavy atom.